The molecule has 3 nitrogen and oxygen atoms in total. The van der Waals surface area contributed by atoms with E-state index in [1.54, 1.807) is 17.5 Å². The van der Waals surface area contributed by atoms with Crippen molar-refractivity contribution in [2.45, 2.75) is 0 Å². The number of rotatable bonds is 3. The van der Waals surface area contributed by atoms with Crippen molar-refractivity contribution in [2.24, 2.45) is 0 Å². The number of benzene rings is 1. The molecule has 0 unspecified atom stereocenters. The first-order valence-electron chi connectivity index (χ1n) is 4.81. The Morgan fingerprint density at radius 2 is 1.82 bits per heavy atom. The van der Waals surface area contributed by atoms with Crippen molar-refractivity contribution in [1.82, 2.24) is 0 Å². The average molecular weight is 249 g/mol. The fourth-order valence-corrected chi connectivity index (χ4v) is 1.90. The summed E-state index contributed by atoms with van der Waals surface area (Å²) >= 11 is 1.20. The molecule has 1 heterocycles. The van der Waals surface area contributed by atoms with Crippen LogP contribution in [0, 0.1) is 5.82 Å². The maximum atomic E-state index is 12.6. The molecule has 0 spiro atoms. The average Bonchev–Trinajstić information content (AvgIpc) is 2.84. The summed E-state index contributed by atoms with van der Waals surface area (Å²) in [6, 6.07) is 8.50. The zero-order chi connectivity index (χ0) is 12.3. The topological polar surface area (TPSA) is 46.2 Å². The highest BCUT2D eigenvalue weighted by Gasteiger charge is 2.16. The van der Waals surface area contributed by atoms with Crippen molar-refractivity contribution in [3.63, 3.8) is 0 Å². The Labute approximate surface area is 101 Å². The molecule has 5 heteroatoms. The number of nitrogens with one attached hydrogen (secondary N) is 1. The fourth-order valence-electron chi connectivity index (χ4n) is 1.24. The molecule has 86 valence electrons. The minimum absolute atomic E-state index is 0.379. The minimum Gasteiger partial charge on any atom is -0.319 e. The second-order valence-corrected chi connectivity index (χ2v) is 4.22. The van der Waals surface area contributed by atoms with Gasteiger partial charge in [0.1, 0.15) is 5.82 Å². The third kappa shape index (κ3) is 2.76. The zero-order valence-electron chi connectivity index (χ0n) is 8.64. The van der Waals surface area contributed by atoms with Gasteiger partial charge in [0.15, 0.2) is 0 Å². The Bertz CT molecular complexity index is 534. The third-order valence-corrected chi connectivity index (χ3v) is 2.92. The van der Waals surface area contributed by atoms with Crippen molar-refractivity contribution in [3.8, 4) is 0 Å². The number of amides is 1. The van der Waals surface area contributed by atoms with E-state index in [9.17, 15) is 14.0 Å². The van der Waals surface area contributed by atoms with Crippen LogP contribution in [0.4, 0.5) is 10.1 Å². The van der Waals surface area contributed by atoms with Gasteiger partial charge in [-0.1, -0.05) is 6.07 Å². The summed E-state index contributed by atoms with van der Waals surface area (Å²) < 4.78 is 12.6. The molecule has 1 amide bonds. The second-order valence-electron chi connectivity index (χ2n) is 3.27. The van der Waals surface area contributed by atoms with Crippen LogP contribution in [0.1, 0.15) is 9.67 Å². The van der Waals surface area contributed by atoms with Gasteiger partial charge in [-0.15, -0.1) is 11.3 Å². The van der Waals surface area contributed by atoms with Crippen LogP contribution in [-0.2, 0) is 4.79 Å². The normalized spacial score (nSPS) is 9.94. The number of anilines is 1. The van der Waals surface area contributed by atoms with E-state index in [0.717, 1.165) is 0 Å². The molecule has 0 radical (unpaired) electrons. The molecule has 17 heavy (non-hydrogen) atoms. The van der Waals surface area contributed by atoms with Crippen molar-refractivity contribution in [3.05, 3.63) is 52.5 Å². The van der Waals surface area contributed by atoms with E-state index in [2.05, 4.69) is 5.32 Å². The molecule has 1 aromatic carbocycles. The predicted octanol–water partition coefficient (Wildman–Crippen LogP) is 2.71. The first-order chi connectivity index (χ1) is 8.16. The van der Waals surface area contributed by atoms with Gasteiger partial charge >= 0.3 is 0 Å². The predicted molar refractivity (Wildman–Crippen MR) is 63.7 cm³/mol. The summed E-state index contributed by atoms with van der Waals surface area (Å²) in [5.74, 6) is -1.71. The minimum atomic E-state index is -0.723. The van der Waals surface area contributed by atoms with Gasteiger partial charge in [-0.05, 0) is 35.7 Å². The van der Waals surface area contributed by atoms with Gasteiger partial charge in [0.05, 0.1) is 4.88 Å². The Balaban J connectivity index is 2.07. The lowest BCUT2D eigenvalue weighted by Gasteiger charge is -2.02. The van der Waals surface area contributed by atoms with Crippen LogP contribution >= 0.6 is 11.3 Å². The van der Waals surface area contributed by atoms with Gasteiger partial charge in [-0.3, -0.25) is 9.59 Å². The summed E-state index contributed by atoms with van der Waals surface area (Å²) in [6.45, 7) is 0. The Hall–Kier alpha value is -2.01. The summed E-state index contributed by atoms with van der Waals surface area (Å²) in [4.78, 5) is 23.5. The summed E-state index contributed by atoms with van der Waals surface area (Å²) in [6.07, 6.45) is 0. The van der Waals surface area contributed by atoms with Crippen molar-refractivity contribution in [2.75, 3.05) is 5.32 Å². The molecule has 2 aromatic rings. The van der Waals surface area contributed by atoms with Crippen LogP contribution in [0.15, 0.2) is 41.8 Å². The molecule has 1 N–H and O–H groups in total. The van der Waals surface area contributed by atoms with E-state index < -0.39 is 17.5 Å². The standard InChI is InChI=1S/C12H8FNO2S/c13-8-3-5-9(6-4-8)14-12(16)11(15)10-2-1-7-17-10/h1-7H,(H,14,16). The quantitative estimate of drug-likeness (QED) is 0.671. The van der Waals surface area contributed by atoms with E-state index in [1.165, 1.54) is 35.6 Å². The number of carbonyl (C=O) groups is 2. The van der Waals surface area contributed by atoms with Crippen LogP contribution in [0.25, 0.3) is 0 Å². The largest absolute Gasteiger partial charge is 0.319 e. The van der Waals surface area contributed by atoms with Gasteiger partial charge in [-0.25, -0.2) is 4.39 Å². The van der Waals surface area contributed by atoms with Crippen LogP contribution < -0.4 is 5.32 Å². The van der Waals surface area contributed by atoms with Crippen molar-refractivity contribution >= 4 is 28.7 Å². The SMILES string of the molecule is O=C(Nc1ccc(F)cc1)C(=O)c1cccs1. The van der Waals surface area contributed by atoms with Crippen LogP contribution in [0.5, 0.6) is 0 Å². The number of hydrogen-bond acceptors (Lipinski definition) is 3. The molecule has 0 aliphatic rings. The second kappa shape index (κ2) is 4.88. The fraction of sp³-hybridized carbons (Fsp3) is 0. The van der Waals surface area contributed by atoms with E-state index in [0.29, 0.717) is 10.6 Å². The molecule has 0 atom stereocenters. The van der Waals surface area contributed by atoms with Crippen molar-refractivity contribution in [1.29, 1.82) is 0 Å². The number of thiophene rings is 1. The number of carbonyl (C=O) groups excluding carboxylic acids is 2. The molecule has 1 aromatic heterocycles. The van der Waals surface area contributed by atoms with Crippen LogP contribution in [0.2, 0.25) is 0 Å². The number of hydrogen-bond donors (Lipinski definition) is 1. The number of halogens is 1. The Morgan fingerprint density at radius 1 is 1.12 bits per heavy atom. The molecule has 0 bridgehead atoms. The highest BCUT2D eigenvalue weighted by Crippen LogP contribution is 2.12. The van der Waals surface area contributed by atoms with Crippen LogP contribution in [0.3, 0.4) is 0 Å². The monoisotopic (exact) mass is 249 g/mol. The van der Waals surface area contributed by atoms with E-state index >= 15 is 0 Å². The van der Waals surface area contributed by atoms with Crippen LogP contribution in [-0.4, -0.2) is 11.7 Å². The first kappa shape index (κ1) is 11.5. The lowest BCUT2D eigenvalue weighted by atomic mass is 10.2. The molecule has 0 saturated heterocycles. The van der Waals surface area contributed by atoms with E-state index in [-0.39, 0.29) is 0 Å². The van der Waals surface area contributed by atoms with Gasteiger partial charge in [0.2, 0.25) is 0 Å². The summed E-state index contributed by atoms with van der Waals surface area (Å²) in [5.41, 5.74) is 0.390. The Morgan fingerprint density at radius 3 is 2.41 bits per heavy atom. The van der Waals surface area contributed by atoms with Crippen molar-refractivity contribution < 1.29 is 14.0 Å². The van der Waals surface area contributed by atoms with Gasteiger partial charge in [0, 0.05) is 5.69 Å². The highest BCUT2D eigenvalue weighted by atomic mass is 32.1. The lowest BCUT2D eigenvalue weighted by Crippen LogP contribution is -2.21. The maximum Gasteiger partial charge on any atom is 0.297 e. The molecule has 0 aliphatic heterocycles. The molecular formula is C12H8FNO2S. The summed E-state index contributed by atoms with van der Waals surface area (Å²) in [7, 11) is 0. The molecule has 0 saturated carbocycles. The highest BCUT2D eigenvalue weighted by molar-refractivity contribution is 7.13. The third-order valence-electron chi connectivity index (χ3n) is 2.05. The van der Waals surface area contributed by atoms with E-state index in [4.69, 9.17) is 0 Å². The number of ketones is 1. The zero-order valence-corrected chi connectivity index (χ0v) is 9.46. The smallest absolute Gasteiger partial charge is 0.297 e. The number of Topliss-reactive ketones (excluding diaryl/α,β-unsaturated/α-hetero) is 1. The molecule has 2 rings (SSSR count). The molecule has 0 fully saturated rings. The maximum absolute atomic E-state index is 12.6. The Kier molecular flexibility index (Phi) is 3.30. The van der Waals surface area contributed by atoms with Gasteiger partial charge in [-0.2, -0.15) is 0 Å². The lowest BCUT2D eigenvalue weighted by molar-refractivity contribution is -0.112. The summed E-state index contributed by atoms with van der Waals surface area (Å²) in [5, 5.41) is 4.13. The van der Waals surface area contributed by atoms with E-state index in [1.807, 2.05) is 0 Å². The first-order valence-corrected chi connectivity index (χ1v) is 5.69. The van der Waals surface area contributed by atoms with Gasteiger partial charge < -0.3 is 5.32 Å². The van der Waals surface area contributed by atoms with Gasteiger partial charge in [0.25, 0.3) is 11.7 Å². The molecular weight excluding hydrogens is 241 g/mol. The molecule has 0 aliphatic carbocycles.